The molecule has 156 valence electrons. The molecule has 4 N–H and O–H groups in total. The van der Waals surface area contributed by atoms with Crippen molar-refractivity contribution < 1.29 is 19.5 Å². The highest BCUT2D eigenvalue weighted by Crippen LogP contribution is 2.09. The molecule has 6 nitrogen and oxygen atoms in total. The number of carbonyl (C=O) groups is 3. The van der Waals surface area contributed by atoms with E-state index in [4.69, 9.17) is 10.8 Å². The van der Waals surface area contributed by atoms with Crippen LogP contribution in [0.15, 0.2) is 12.2 Å². The van der Waals surface area contributed by atoms with Gasteiger partial charge in [-0.1, -0.05) is 57.6 Å². The van der Waals surface area contributed by atoms with Crippen LogP contribution in [0.2, 0.25) is 0 Å². The fraction of sp³-hybridized carbons (Fsp3) is 0.762. The summed E-state index contributed by atoms with van der Waals surface area (Å²) in [7, 11) is 0. The molecular formula is C21H38N2O4. The van der Waals surface area contributed by atoms with E-state index < -0.39 is 17.9 Å². The molecule has 0 saturated carbocycles. The van der Waals surface area contributed by atoms with E-state index >= 15 is 0 Å². The van der Waals surface area contributed by atoms with Crippen molar-refractivity contribution in [3.63, 3.8) is 0 Å². The van der Waals surface area contributed by atoms with Crippen molar-refractivity contribution in [1.82, 2.24) is 5.32 Å². The number of nitrogens with one attached hydrogen (secondary N) is 1. The highest BCUT2D eigenvalue weighted by atomic mass is 16.4. The zero-order valence-electron chi connectivity index (χ0n) is 16.9. The summed E-state index contributed by atoms with van der Waals surface area (Å²) >= 11 is 0. The van der Waals surface area contributed by atoms with Gasteiger partial charge < -0.3 is 16.2 Å². The minimum Gasteiger partial charge on any atom is -0.480 e. The number of aliphatic carboxylic acids is 1. The number of carboxylic acids is 1. The van der Waals surface area contributed by atoms with Crippen molar-refractivity contribution in [2.45, 2.75) is 103 Å². The molecule has 1 atom stereocenters. The second-order valence-corrected chi connectivity index (χ2v) is 7.09. The summed E-state index contributed by atoms with van der Waals surface area (Å²) in [5.74, 6) is -1.98. The van der Waals surface area contributed by atoms with E-state index in [0.717, 1.165) is 32.1 Å². The van der Waals surface area contributed by atoms with Crippen LogP contribution in [0.4, 0.5) is 0 Å². The Morgan fingerprint density at radius 2 is 1.44 bits per heavy atom. The van der Waals surface area contributed by atoms with E-state index in [0.29, 0.717) is 6.42 Å². The summed E-state index contributed by atoms with van der Waals surface area (Å²) in [6.07, 6.45) is 17.5. The van der Waals surface area contributed by atoms with E-state index in [1.807, 2.05) is 0 Å². The lowest BCUT2D eigenvalue weighted by Crippen LogP contribution is -2.41. The van der Waals surface area contributed by atoms with Gasteiger partial charge >= 0.3 is 5.97 Å². The molecule has 0 aliphatic heterocycles. The van der Waals surface area contributed by atoms with E-state index in [2.05, 4.69) is 24.4 Å². The maximum Gasteiger partial charge on any atom is 0.326 e. The third-order valence-electron chi connectivity index (χ3n) is 4.48. The lowest BCUT2D eigenvalue weighted by atomic mass is 10.1. The molecule has 0 aromatic rings. The van der Waals surface area contributed by atoms with Crippen molar-refractivity contribution in [2.75, 3.05) is 0 Å². The maximum absolute atomic E-state index is 11.8. The highest BCUT2D eigenvalue weighted by molar-refractivity contribution is 5.84. The number of carbonyl (C=O) groups excluding carboxylic acids is 2. The Balaban J connectivity index is 3.60. The minimum atomic E-state index is -1.14. The van der Waals surface area contributed by atoms with E-state index in [1.54, 1.807) is 0 Å². The molecular weight excluding hydrogens is 344 g/mol. The van der Waals surface area contributed by atoms with Crippen molar-refractivity contribution in [2.24, 2.45) is 5.73 Å². The van der Waals surface area contributed by atoms with Gasteiger partial charge in [-0.15, -0.1) is 0 Å². The van der Waals surface area contributed by atoms with Gasteiger partial charge in [0.1, 0.15) is 6.04 Å². The Morgan fingerprint density at radius 3 is 2.00 bits per heavy atom. The number of primary amides is 1. The summed E-state index contributed by atoms with van der Waals surface area (Å²) in [6, 6.07) is -1.04. The molecule has 27 heavy (non-hydrogen) atoms. The molecule has 0 aliphatic rings. The number of nitrogens with two attached hydrogens (primary N) is 1. The molecule has 0 aromatic heterocycles. The fourth-order valence-electron chi connectivity index (χ4n) is 2.81. The predicted octanol–water partition coefficient (Wildman–Crippen LogP) is 4.08. The molecule has 0 rings (SSSR count). The van der Waals surface area contributed by atoms with Crippen LogP contribution >= 0.6 is 0 Å². The lowest BCUT2D eigenvalue weighted by Gasteiger charge is -2.13. The van der Waals surface area contributed by atoms with Gasteiger partial charge in [-0.2, -0.15) is 0 Å². The SMILES string of the molecule is CCCCCCC=CCCCCCCCC(=O)N[C@@H](CCC(N)=O)C(=O)O. The van der Waals surface area contributed by atoms with Crippen molar-refractivity contribution in [1.29, 1.82) is 0 Å². The molecule has 0 aliphatic carbocycles. The Kier molecular flexibility index (Phi) is 16.4. The monoisotopic (exact) mass is 382 g/mol. The Labute approximate surface area is 164 Å². The summed E-state index contributed by atoms with van der Waals surface area (Å²) in [5.41, 5.74) is 5.01. The minimum absolute atomic E-state index is 0.0303. The van der Waals surface area contributed by atoms with Crippen LogP contribution < -0.4 is 11.1 Å². The maximum atomic E-state index is 11.8. The molecule has 0 fully saturated rings. The van der Waals surface area contributed by atoms with Gasteiger partial charge in [0.05, 0.1) is 0 Å². The average molecular weight is 383 g/mol. The zero-order chi connectivity index (χ0) is 20.3. The van der Waals surface area contributed by atoms with Crippen LogP contribution in [0.5, 0.6) is 0 Å². The number of unbranched alkanes of at least 4 members (excludes halogenated alkanes) is 9. The van der Waals surface area contributed by atoms with Gasteiger partial charge in [0.2, 0.25) is 11.8 Å². The molecule has 0 unspecified atom stereocenters. The number of amides is 2. The van der Waals surface area contributed by atoms with Crippen LogP contribution in [0.1, 0.15) is 96.8 Å². The van der Waals surface area contributed by atoms with Gasteiger partial charge in [-0.05, 0) is 38.5 Å². The van der Waals surface area contributed by atoms with Crippen LogP contribution in [-0.4, -0.2) is 28.9 Å². The van der Waals surface area contributed by atoms with E-state index in [1.165, 1.54) is 38.5 Å². The normalized spacial score (nSPS) is 12.2. The third kappa shape index (κ3) is 17.3. The molecule has 0 aromatic carbocycles. The van der Waals surface area contributed by atoms with Crippen molar-refractivity contribution in [3.8, 4) is 0 Å². The quantitative estimate of drug-likeness (QED) is 0.245. The number of hydrogen-bond acceptors (Lipinski definition) is 3. The topological polar surface area (TPSA) is 109 Å². The molecule has 0 saturated heterocycles. The van der Waals surface area contributed by atoms with E-state index in [9.17, 15) is 14.4 Å². The van der Waals surface area contributed by atoms with Crippen molar-refractivity contribution >= 4 is 17.8 Å². The first-order valence-corrected chi connectivity index (χ1v) is 10.4. The lowest BCUT2D eigenvalue weighted by molar-refractivity contribution is -0.142. The summed E-state index contributed by atoms with van der Waals surface area (Å²) in [5, 5.41) is 11.5. The molecule has 0 bridgehead atoms. The van der Waals surface area contributed by atoms with Crippen LogP contribution in [0, 0.1) is 0 Å². The van der Waals surface area contributed by atoms with Crippen molar-refractivity contribution in [3.05, 3.63) is 12.2 Å². The average Bonchev–Trinajstić information content (AvgIpc) is 2.62. The second kappa shape index (κ2) is 17.6. The molecule has 0 radical (unpaired) electrons. The molecule has 0 spiro atoms. The zero-order valence-corrected chi connectivity index (χ0v) is 16.9. The number of allylic oxidation sites excluding steroid dienone is 2. The van der Waals surface area contributed by atoms with Gasteiger partial charge in [0, 0.05) is 12.8 Å². The highest BCUT2D eigenvalue weighted by Gasteiger charge is 2.20. The summed E-state index contributed by atoms with van der Waals surface area (Å²) in [6.45, 7) is 2.22. The van der Waals surface area contributed by atoms with Crippen LogP contribution in [0.25, 0.3) is 0 Å². The standard InChI is InChI=1S/C21H38N2O4/c1-2-3-4-5-6-7-8-9-10-11-12-13-14-15-20(25)23-18(21(26)27)16-17-19(22)24/h7-8,18H,2-6,9-17H2,1H3,(H2,22,24)(H,23,25)(H,26,27)/t18-/m0/s1. The first kappa shape index (κ1) is 25.1. The second-order valence-electron chi connectivity index (χ2n) is 7.09. The smallest absolute Gasteiger partial charge is 0.326 e. The fourth-order valence-corrected chi connectivity index (χ4v) is 2.81. The molecule has 0 heterocycles. The van der Waals surface area contributed by atoms with Crippen LogP contribution in [0.3, 0.4) is 0 Å². The number of hydrogen-bond donors (Lipinski definition) is 3. The summed E-state index contributed by atoms with van der Waals surface area (Å²) < 4.78 is 0. The largest absolute Gasteiger partial charge is 0.480 e. The van der Waals surface area contributed by atoms with Gasteiger partial charge in [0.25, 0.3) is 0 Å². The van der Waals surface area contributed by atoms with Crippen LogP contribution in [-0.2, 0) is 14.4 Å². The third-order valence-corrected chi connectivity index (χ3v) is 4.48. The van der Waals surface area contributed by atoms with Gasteiger partial charge in [-0.25, -0.2) is 4.79 Å². The van der Waals surface area contributed by atoms with E-state index in [-0.39, 0.29) is 18.7 Å². The first-order valence-electron chi connectivity index (χ1n) is 10.4. The number of rotatable bonds is 18. The van der Waals surface area contributed by atoms with Gasteiger partial charge in [-0.3, -0.25) is 9.59 Å². The Hall–Kier alpha value is -1.85. The Morgan fingerprint density at radius 1 is 0.889 bits per heavy atom. The molecule has 2 amide bonds. The summed E-state index contributed by atoms with van der Waals surface area (Å²) in [4.78, 5) is 33.6. The first-order chi connectivity index (χ1) is 13.0. The molecule has 6 heteroatoms. The number of carboxylic acid groups (broad SMARTS) is 1. The predicted molar refractivity (Wildman–Crippen MR) is 108 cm³/mol. The Bertz CT molecular complexity index is 449. The van der Waals surface area contributed by atoms with Gasteiger partial charge in [0.15, 0.2) is 0 Å².